The van der Waals surface area contributed by atoms with Crippen LogP contribution in [0.2, 0.25) is 0 Å². The van der Waals surface area contributed by atoms with Gasteiger partial charge in [-0.05, 0) is 32.9 Å². The first kappa shape index (κ1) is 17.4. The molecule has 0 saturated heterocycles. The SMILES string of the molecule is CC(=O)c1cc(C(=O)Nc2nnc(CCn3nc(C)cc3C)s2)cs1. The zero-order chi connectivity index (χ0) is 18.0. The zero-order valence-corrected chi connectivity index (χ0v) is 15.7. The molecular weight excluding hydrogens is 358 g/mol. The molecule has 0 aliphatic heterocycles. The maximum absolute atomic E-state index is 12.2. The van der Waals surface area contributed by atoms with Crippen LogP contribution in [0.1, 0.15) is 43.3 Å². The maximum atomic E-state index is 12.2. The van der Waals surface area contributed by atoms with E-state index in [-0.39, 0.29) is 11.7 Å². The Morgan fingerprint density at radius 3 is 2.68 bits per heavy atom. The minimum Gasteiger partial charge on any atom is -0.296 e. The summed E-state index contributed by atoms with van der Waals surface area (Å²) >= 11 is 2.60. The molecule has 0 bridgehead atoms. The fourth-order valence-electron chi connectivity index (χ4n) is 2.32. The molecule has 0 aliphatic rings. The molecule has 0 aliphatic carbocycles. The van der Waals surface area contributed by atoms with Crippen LogP contribution in [0.5, 0.6) is 0 Å². The molecule has 0 spiro atoms. The lowest BCUT2D eigenvalue weighted by molar-refractivity contribution is 0.102. The van der Waals surface area contributed by atoms with Crippen molar-refractivity contribution in [3.05, 3.63) is 44.3 Å². The van der Waals surface area contributed by atoms with Crippen molar-refractivity contribution >= 4 is 39.5 Å². The second-order valence-electron chi connectivity index (χ2n) is 5.61. The molecule has 1 amide bonds. The van der Waals surface area contributed by atoms with Crippen molar-refractivity contribution in [3.63, 3.8) is 0 Å². The summed E-state index contributed by atoms with van der Waals surface area (Å²) in [7, 11) is 0. The van der Waals surface area contributed by atoms with Gasteiger partial charge in [-0.1, -0.05) is 11.3 Å². The van der Waals surface area contributed by atoms with Gasteiger partial charge >= 0.3 is 0 Å². The van der Waals surface area contributed by atoms with Crippen LogP contribution in [0.3, 0.4) is 0 Å². The molecule has 0 unspecified atom stereocenters. The molecule has 1 N–H and O–H groups in total. The number of nitrogens with zero attached hydrogens (tertiary/aromatic N) is 4. The van der Waals surface area contributed by atoms with Crippen LogP contribution in [0, 0.1) is 13.8 Å². The molecule has 3 aromatic rings. The van der Waals surface area contributed by atoms with Crippen LogP contribution in [-0.4, -0.2) is 31.7 Å². The number of aryl methyl sites for hydroxylation is 4. The lowest BCUT2D eigenvalue weighted by Gasteiger charge is -2.01. The van der Waals surface area contributed by atoms with Crippen LogP contribution < -0.4 is 5.32 Å². The van der Waals surface area contributed by atoms with Crippen molar-refractivity contribution in [1.82, 2.24) is 20.0 Å². The van der Waals surface area contributed by atoms with Crippen LogP contribution >= 0.6 is 22.7 Å². The van der Waals surface area contributed by atoms with E-state index in [1.807, 2.05) is 24.6 Å². The fraction of sp³-hybridized carbons (Fsp3) is 0.312. The van der Waals surface area contributed by atoms with Gasteiger partial charge in [0.15, 0.2) is 5.78 Å². The number of rotatable bonds is 6. The number of hydrogen-bond donors (Lipinski definition) is 1. The number of carbonyl (C=O) groups excluding carboxylic acids is 2. The number of hydrogen-bond acceptors (Lipinski definition) is 7. The average Bonchev–Trinajstić information content (AvgIpc) is 3.25. The Bertz CT molecular complexity index is 925. The summed E-state index contributed by atoms with van der Waals surface area (Å²) < 4.78 is 1.93. The maximum Gasteiger partial charge on any atom is 0.258 e. The van der Waals surface area contributed by atoms with Gasteiger partial charge in [-0.2, -0.15) is 5.10 Å². The van der Waals surface area contributed by atoms with E-state index >= 15 is 0 Å². The van der Waals surface area contributed by atoms with Crippen molar-refractivity contribution in [2.24, 2.45) is 0 Å². The molecule has 3 rings (SSSR count). The number of carbonyl (C=O) groups is 2. The highest BCUT2D eigenvalue weighted by molar-refractivity contribution is 7.15. The Balaban J connectivity index is 1.60. The summed E-state index contributed by atoms with van der Waals surface area (Å²) in [6.07, 6.45) is 0.697. The van der Waals surface area contributed by atoms with E-state index in [2.05, 4.69) is 20.6 Å². The van der Waals surface area contributed by atoms with Gasteiger partial charge in [-0.3, -0.25) is 19.6 Å². The topological polar surface area (TPSA) is 89.8 Å². The minimum absolute atomic E-state index is 0.0496. The molecule has 0 fully saturated rings. The van der Waals surface area contributed by atoms with Gasteiger partial charge in [0, 0.05) is 24.0 Å². The molecule has 0 saturated carbocycles. The van der Waals surface area contributed by atoms with Crippen LogP contribution in [0.15, 0.2) is 17.5 Å². The number of aromatic nitrogens is 4. The lowest BCUT2D eigenvalue weighted by atomic mass is 10.2. The molecule has 0 aromatic carbocycles. The van der Waals surface area contributed by atoms with Gasteiger partial charge in [0.05, 0.1) is 16.1 Å². The number of thiophene rings is 1. The molecule has 0 atom stereocenters. The third-order valence-corrected chi connectivity index (χ3v) is 5.47. The molecule has 130 valence electrons. The number of ketones is 1. The van der Waals surface area contributed by atoms with Crippen molar-refractivity contribution in [1.29, 1.82) is 0 Å². The molecular formula is C16H17N5O2S2. The smallest absolute Gasteiger partial charge is 0.258 e. The summed E-state index contributed by atoms with van der Waals surface area (Å²) in [6.45, 7) is 6.17. The summed E-state index contributed by atoms with van der Waals surface area (Å²) in [4.78, 5) is 24.1. The Hall–Kier alpha value is -2.39. The third kappa shape index (κ3) is 4.18. The Kier molecular flexibility index (Phi) is 5.05. The van der Waals surface area contributed by atoms with E-state index in [4.69, 9.17) is 0 Å². The standard InChI is InChI=1S/C16H17N5O2S2/c1-9-6-10(2)21(20-9)5-4-14-18-19-16(25-14)17-15(23)12-7-13(11(3)22)24-8-12/h6-8H,4-5H2,1-3H3,(H,17,19,23). The van der Waals surface area contributed by atoms with Gasteiger partial charge in [0.1, 0.15) is 5.01 Å². The second kappa shape index (κ2) is 7.24. The molecule has 7 nitrogen and oxygen atoms in total. The second-order valence-corrected chi connectivity index (χ2v) is 7.58. The van der Waals surface area contributed by atoms with Gasteiger partial charge in [-0.25, -0.2) is 0 Å². The zero-order valence-electron chi connectivity index (χ0n) is 14.1. The summed E-state index contributed by atoms with van der Waals surface area (Å²) in [5.41, 5.74) is 2.55. The normalized spacial score (nSPS) is 10.8. The van der Waals surface area contributed by atoms with E-state index < -0.39 is 0 Å². The van der Waals surface area contributed by atoms with E-state index in [1.54, 1.807) is 11.4 Å². The Labute approximate surface area is 152 Å². The first-order valence-electron chi connectivity index (χ1n) is 7.66. The molecule has 0 radical (unpaired) electrons. The van der Waals surface area contributed by atoms with Gasteiger partial charge in [-0.15, -0.1) is 21.5 Å². The fourth-order valence-corrected chi connectivity index (χ4v) is 3.83. The van der Waals surface area contributed by atoms with E-state index in [9.17, 15) is 9.59 Å². The van der Waals surface area contributed by atoms with Gasteiger partial charge < -0.3 is 0 Å². The van der Waals surface area contributed by atoms with Crippen molar-refractivity contribution in [2.45, 2.75) is 33.7 Å². The van der Waals surface area contributed by atoms with Crippen molar-refractivity contribution in [2.75, 3.05) is 5.32 Å². The van der Waals surface area contributed by atoms with Crippen LogP contribution in [0.4, 0.5) is 5.13 Å². The molecule has 25 heavy (non-hydrogen) atoms. The monoisotopic (exact) mass is 375 g/mol. The lowest BCUT2D eigenvalue weighted by Crippen LogP contribution is -2.10. The predicted molar refractivity (Wildman–Crippen MR) is 97.6 cm³/mol. The van der Waals surface area contributed by atoms with E-state index in [1.165, 1.54) is 29.6 Å². The summed E-state index contributed by atoms with van der Waals surface area (Å²) in [6, 6.07) is 3.62. The summed E-state index contributed by atoms with van der Waals surface area (Å²) in [5, 5.41) is 18.2. The highest BCUT2D eigenvalue weighted by Gasteiger charge is 2.14. The van der Waals surface area contributed by atoms with Crippen molar-refractivity contribution in [3.8, 4) is 0 Å². The first-order valence-corrected chi connectivity index (χ1v) is 9.36. The molecule has 3 aromatic heterocycles. The Morgan fingerprint density at radius 1 is 1.24 bits per heavy atom. The number of amides is 1. The molecule has 3 heterocycles. The van der Waals surface area contributed by atoms with E-state index in [0.29, 0.717) is 22.0 Å². The predicted octanol–water partition coefficient (Wildman–Crippen LogP) is 3.11. The van der Waals surface area contributed by atoms with E-state index in [0.717, 1.165) is 22.9 Å². The highest BCUT2D eigenvalue weighted by Crippen LogP contribution is 2.20. The number of Topliss-reactive ketones (excluding diaryl/α,β-unsaturated/α-hetero) is 1. The van der Waals surface area contributed by atoms with Crippen molar-refractivity contribution < 1.29 is 9.59 Å². The van der Waals surface area contributed by atoms with Gasteiger partial charge in [0.2, 0.25) is 5.13 Å². The number of nitrogens with one attached hydrogen (secondary N) is 1. The third-order valence-electron chi connectivity index (χ3n) is 3.54. The minimum atomic E-state index is -0.287. The van der Waals surface area contributed by atoms with Crippen LogP contribution in [-0.2, 0) is 13.0 Å². The first-order chi connectivity index (χ1) is 11.9. The van der Waals surface area contributed by atoms with Crippen LogP contribution in [0.25, 0.3) is 0 Å². The Morgan fingerprint density at radius 2 is 2.04 bits per heavy atom. The molecule has 9 heteroatoms. The number of anilines is 1. The highest BCUT2D eigenvalue weighted by atomic mass is 32.1. The quantitative estimate of drug-likeness (QED) is 0.669. The largest absolute Gasteiger partial charge is 0.296 e. The average molecular weight is 375 g/mol. The summed E-state index contributed by atoms with van der Waals surface area (Å²) in [5.74, 6) is -0.337. The van der Waals surface area contributed by atoms with Gasteiger partial charge in [0.25, 0.3) is 5.91 Å².